The quantitative estimate of drug-likeness (QED) is 0.339. The van der Waals surface area contributed by atoms with E-state index in [2.05, 4.69) is 46.8 Å². The number of hydrogen-bond acceptors (Lipinski definition) is 4. The van der Waals surface area contributed by atoms with Gasteiger partial charge in [0.15, 0.2) is 17.4 Å². The van der Waals surface area contributed by atoms with E-state index >= 15 is 0 Å². The molecule has 148 valence electrons. The number of benzene rings is 1. The molecule has 28 heavy (non-hydrogen) atoms. The van der Waals surface area contributed by atoms with Crippen molar-refractivity contribution in [1.82, 2.24) is 25.2 Å². The molecule has 0 radical (unpaired) electrons. The maximum Gasteiger partial charge on any atom is 0.191 e. The van der Waals surface area contributed by atoms with E-state index in [-0.39, 0.29) is 0 Å². The monoisotopic (exact) mass is 380 g/mol. The molecule has 2 N–H and O–H groups in total. The van der Waals surface area contributed by atoms with Crippen LogP contribution in [0.4, 0.5) is 0 Å². The van der Waals surface area contributed by atoms with Crippen LogP contribution in [0, 0.1) is 0 Å². The lowest BCUT2D eigenvalue weighted by Gasteiger charge is -2.12. The highest BCUT2D eigenvalue weighted by molar-refractivity contribution is 5.79. The van der Waals surface area contributed by atoms with Gasteiger partial charge in [-0.05, 0) is 36.6 Å². The Hall–Kier alpha value is -2.93. The van der Waals surface area contributed by atoms with Crippen LogP contribution in [0.1, 0.15) is 37.2 Å². The standard InChI is InChI=1S/C21H28N6O/c1-3-13-28-16-18-10-6-5-9-17(18)14-23-21(22-4-2)24-15-20-26-25-19-11-7-8-12-27(19)20/h5-12H,3-4,13-16H2,1-2H3,(H2,22,23,24). The summed E-state index contributed by atoms with van der Waals surface area (Å²) in [4.78, 5) is 4.73. The predicted molar refractivity (Wildman–Crippen MR) is 111 cm³/mol. The molecule has 0 spiro atoms. The maximum absolute atomic E-state index is 5.70. The molecule has 0 saturated carbocycles. The molecule has 0 atom stereocenters. The van der Waals surface area contributed by atoms with E-state index in [0.717, 1.165) is 37.0 Å². The highest BCUT2D eigenvalue weighted by Crippen LogP contribution is 2.12. The predicted octanol–water partition coefficient (Wildman–Crippen LogP) is 2.91. The van der Waals surface area contributed by atoms with E-state index in [1.807, 2.05) is 40.9 Å². The third-order valence-electron chi connectivity index (χ3n) is 4.27. The van der Waals surface area contributed by atoms with Crippen LogP contribution in [0.5, 0.6) is 0 Å². The molecule has 0 aliphatic rings. The Morgan fingerprint density at radius 3 is 2.68 bits per heavy atom. The van der Waals surface area contributed by atoms with Gasteiger partial charge in [0.25, 0.3) is 0 Å². The van der Waals surface area contributed by atoms with Gasteiger partial charge in [-0.2, -0.15) is 0 Å². The molecule has 0 aliphatic carbocycles. The average molecular weight is 380 g/mol. The normalized spacial score (nSPS) is 11.7. The van der Waals surface area contributed by atoms with Crippen molar-refractivity contribution in [3.8, 4) is 0 Å². The zero-order valence-corrected chi connectivity index (χ0v) is 16.6. The molecule has 0 aliphatic heterocycles. The molecule has 7 nitrogen and oxygen atoms in total. The fraction of sp³-hybridized carbons (Fsp3) is 0.381. The summed E-state index contributed by atoms with van der Waals surface area (Å²) in [5, 5.41) is 15.1. The van der Waals surface area contributed by atoms with E-state index < -0.39 is 0 Å². The van der Waals surface area contributed by atoms with Crippen LogP contribution in [0.25, 0.3) is 5.65 Å². The number of hydrogen-bond donors (Lipinski definition) is 2. The van der Waals surface area contributed by atoms with Crippen molar-refractivity contribution >= 4 is 11.6 Å². The van der Waals surface area contributed by atoms with Gasteiger partial charge in [-0.3, -0.25) is 4.40 Å². The second kappa shape index (κ2) is 10.4. The van der Waals surface area contributed by atoms with Crippen molar-refractivity contribution in [2.75, 3.05) is 13.2 Å². The molecule has 0 saturated heterocycles. The first-order valence-electron chi connectivity index (χ1n) is 9.77. The van der Waals surface area contributed by atoms with Crippen molar-refractivity contribution in [2.24, 2.45) is 4.99 Å². The molecule has 0 fully saturated rings. The van der Waals surface area contributed by atoms with Crippen LogP contribution in [0.2, 0.25) is 0 Å². The Kier molecular flexibility index (Phi) is 7.37. The average Bonchev–Trinajstić information content (AvgIpc) is 3.14. The van der Waals surface area contributed by atoms with Gasteiger partial charge < -0.3 is 15.4 Å². The Morgan fingerprint density at radius 2 is 1.86 bits per heavy atom. The molecule has 7 heteroatoms. The number of nitrogens with zero attached hydrogens (tertiary/aromatic N) is 4. The van der Waals surface area contributed by atoms with Gasteiger partial charge in [0.2, 0.25) is 0 Å². The molecule has 1 aromatic carbocycles. The smallest absolute Gasteiger partial charge is 0.191 e. The highest BCUT2D eigenvalue weighted by Gasteiger charge is 2.06. The number of rotatable bonds is 9. The summed E-state index contributed by atoms with van der Waals surface area (Å²) < 4.78 is 7.67. The first kappa shape index (κ1) is 19.8. The summed E-state index contributed by atoms with van der Waals surface area (Å²) in [5.74, 6) is 1.59. The lowest BCUT2D eigenvalue weighted by atomic mass is 10.1. The van der Waals surface area contributed by atoms with Crippen molar-refractivity contribution in [3.63, 3.8) is 0 Å². The zero-order chi connectivity index (χ0) is 19.6. The maximum atomic E-state index is 5.70. The first-order valence-corrected chi connectivity index (χ1v) is 9.77. The molecule has 2 aromatic heterocycles. The van der Waals surface area contributed by atoms with Crippen LogP contribution in [0.3, 0.4) is 0 Å². The van der Waals surface area contributed by atoms with Crippen molar-refractivity contribution in [3.05, 3.63) is 65.6 Å². The van der Waals surface area contributed by atoms with Crippen molar-refractivity contribution < 1.29 is 4.74 Å². The second-order valence-corrected chi connectivity index (χ2v) is 6.42. The largest absolute Gasteiger partial charge is 0.377 e. The lowest BCUT2D eigenvalue weighted by Crippen LogP contribution is -2.37. The van der Waals surface area contributed by atoms with Crippen molar-refractivity contribution in [1.29, 1.82) is 0 Å². The van der Waals surface area contributed by atoms with Gasteiger partial charge in [-0.15, -0.1) is 10.2 Å². The zero-order valence-electron chi connectivity index (χ0n) is 16.6. The van der Waals surface area contributed by atoms with Crippen LogP contribution in [-0.2, 0) is 24.4 Å². The third kappa shape index (κ3) is 5.29. The van der Waals surface area contributed by atoms with E-state index in [0.29, 0.717) is 19.7 Å². The minimum Gasteiger partial charge on any atom is -0.377 e. The molecular formula is C21H28N6O. The van der Waals surface area contributed by atoms with E-state index in [9.17, 15) is 0 Å². The molecular weight excluding hydrogens is 352 g/mol. The van der Waals surface area contributed by atoms with Crippen molar-refractivity contribution in [2.45, 2.75) is 40.0 Å². The third-order valence-corrected chi connectivity index (χ3v) is 4.27. The number of pyridine rings is 1. The SMILES string of the molecule is CCCOCc1ccccc1CN=C(NCC)NCc1nnc2ccccn12. The van der Waals surface area contributed by atoms with Gasteiger partial charge >= 0.3 is 0 Å². The highest BCUT2D eigenvalue weighted by atomic mass is 16.5. The number of guanidine groups is 1. The first-order chi connectivity index (χ1) is 13.8. The number of nitrogens with one attached hydrogen (secondary N) is 2. The summed E-state index contributed by atoms with van der Waals surface area (Å²) >= 11 is 0. The Bertz CT molecular complexity index is 905. The van der Waals surface area contributed by atoms with Gasteiger partial charge in [0.1, 0.15) is 0 Å². The summed E-state index contributed by atoms with van der Waals surface area (Å²) in [7, 11) is 0. The Morgan fingerprint density at radius 1 is 1.04 bits per heavy atom. The Balaban J connectivity index is 1.66. The van der Waals surface area contributed by atoms with Gasteiger partial charge in [-0.1, -0.05) is 37.3 Å². The molecule has 3 aromatic rings. The van der Waals surface area contributed by atoms with Gasteiger partial charge in [0.05, 0.1) is 19.7 Å². The van der Waals surface area contributed by atoms with Crippen LogP contribution >= 0.6 is 0 Å². The van der Waals surface area contributed by atoms with Crippen LogP contribution in [0.15, 0.2) is 53.7 Å². The minimum atomic E-state index is 0.540. The van der Waals surface area contributed by atoms with E-state index in [4.69, 9.17) is 9.73 Å². The number of aliphatic imine (C=N–C) groups is 1. The number of fused-ring (bicyclic) bond motifs is 1. The number of ether oxygens (including phenoxy) is 1. The minimum absolute atomic E-state index is 0.540. The van der Waals surface area contributed by atoms with E-state index in [1.54, 1.807) is 0 Å². The molecule has 3 rings (SSSR count). The molecule has 2 heterocycles. The second-order valence-electron chi connectivity index (χ2n) is 6.42. The molecule has 0 amide bonds. The summed E-state index contributed by atoms with van der Waals surface area (Å²) in [6.45, 7) is 7.47. The fourth-order valence-electron chi connectivity index (χ4n) is 2.86. The molecule has 0 bridgehead atoms. The van der Waals surface area contributed by atoms with Crippen LogP contribution < -0.4 is 10.6 Å². The van der Waals surface area contributed by atoms with Gasteiger partial charge in [0, 0.05) is 19.3 Å². The summed E-state index contributed by atoms with van der Waals surface area (Å²) in [5.41, 5.74) is 3.19. The number of aromatic nitrogens is 3. The summed E-state index contributed by atoms with van der Waals surface area (Å²) in [6, 6.07) is 14.1. The van der Waals surface area contributed by atoms with Gasteiger partial charge in [-0.25, -0.2) is 4.99 Å². The molecule has 0 unspecified atom stereocenters. The van der Waals surface area contributed by atoms with Crippen LogP contribution in [-0.4, -0.2) is 33.7 Å². The lowest BCUT2D eigenvalue weighted by molar-refractivity contribution is 0.121. The Labute approximate surface area is 165 Å². The fourth-order valence-corrected chi connectivity index (χ4v) is 2.86. The summed E-state index contributed by atoms with van der Waals surface area (Å²) in [6.07, 6.45) is 2.98. The topological polar surface area (TPSA) is 75.8 Å². The van der Waals surface area contributed by atoms with E-state index in [1.165, 1.54) is 11.1 Å².